The number of halogens is 1. The SMILES string of the molecule is Cc1cccc(NC(=O)Nc2cccc(CNC(=O)CC(C)c3ccc(F)cc3)c2)c1. The van der Waals surface area contributed by atoms with Gasteiger partial charge in [-0.2, -0.15) is 0 Å². The van der Waals surface area contributed by atoms with Crippen molar-refractivity contribution in [2.45, 2.75) is 32.7 Å². The number of rotatable bonds is 7. The van der Waals surface area contributed by atoms with Gasteiger partial charge in [-0.25, -0.2) is 9.18 Å². The third-order valence-electron chi connectivity index (χ3n) is 4.88. The molecule has 0 aliphatic rings. The van der Waals surface area contributed by atoms with Gasteiger partial charge in [-0.15, -0.1) is 0 Å². The molecule has 160 valence electrons. The Labute approximate surface area is 181 Å². The summed E-state index contributed by atoms with van der Waals surface area (Å²) in [6.45, 7) is 4.25. The van der Waals surface area contributed by atoms with Crippen LogP contribution in [-0.2, 0) is 11.3 Å². The first-order valence-electron chi connectivity index (χ1n) is 10.1. The van der Waals surface area contributed by atoms with Crippen LogP contribution >= 0.6 is 0 Å². The summed E-state index contributed by atoms with van der Waals surface area (Å²) in [7, 11) is 0. The molecule has 0 bridgehead atoms. The molecule has 0 saturated heterocycles. The minimum Gasteiger partial charge on any atom is -0.352 e. The minimum atomic E-state index is -0.333. The van der Waals surface area contributed by atoms with Gasteiger partial charge in [0.1, 0.15) is 5.82 Å². The Balaban J connectivity index is 1.50. The molecule has 0 aliphatic carbocycles. The van der Waals surface area contributed by atoms with Crippen LogP contribution in [0.25, 0.3) is 0 Å². The summed E-state index contributed by atoms with van der Waals surface area (Å²) in [5, 5.41) is 8.50. The second kappa shape index (κ2) is 10.4. The topological polar surface area (TPSA) is 70.2 Å². The first-order valence-corrected chi connectivity index (χ1v) is 10.1. The normalized spacial score (nSPS) is 11.5. The molecule has 3 amide bonds. The molecule has 0 aliphatic heterocycles. The number of nitrogens with one attached hydrogen (secondary N) is 3. The molecule has 31 heavy (non-hydrogen) atoms. The van der Waals surface area contributed by atoms with E-state index in [-0.39, 0.29) is 23.7 Å². The Kier molecular flexibility index (Phi) is 7.38. The Morgan fingerprint density at radius 2 is 1.55 bits per heavy atom. The largest absolute Gasteiger partial charge is 0.352 e. The van der Waals surface area contributed by atoms with Crippen LogP contribution in [0.1, 0.15) is 36.0 Å². The van der Waals surface area contributed by atoms with Gasteiger partial charge in [0.2, 0.25) is 5.91 Å². The quantitative estimate of drug-likeness (QED) is 0.467. The first kappa shape index (κ1) is 22.0. The number of hydrogen-bond acceptors (Lipinski definition) is 2. The zero-order chi connectivity index (χ0) is 22.2. The molecule has 0 fully saturated rings. The number of carbonyl (C=O) groups excluding carboxylic acids is 2. The van der Waals surface area contributed by atoms with E-state index in [0.29, 0.717) is 18.7 Å². The third-order valence-corrected chi connectivity index (χ3v) is 4.88. The Morgan fingerprint density at radius 3 is 2.23 bits per heavy atom. The summed E-state index contributed by atoms with van der Waals surface area (Å²) in [4.78, 5) is 24.5. The predicted molar refractivity (Wildman–Crippen MR) is 122 cm³/mol. The van der Waals surface area contributed by atoms with Crippen LogP contribution < -0.4 is 16.0 Å². The van der Waals surface area contributed by atoms with Crippen molar-refractivity contribution >= 4 is 23.3 Å². The van der Waals surface area contributed by atoms with E-state index in [9.17, 15) is 14.0 Å². The molecule has 3 N–H and O–H groups in total. The zero-order valence-electron chi connectivity index (χ0n) is 17.6. The van der Waals surface area contributed by atoms with Crippen LogP contribution in [0.3, 0.4) is 0 Å². The van der Waals surface area contributed by atoms with Crippen molar-refractivity contribution in [3.05, 3.63) is 95.3 Å². The molecule has 0 heterocycles. The lowest BCUT2D eigenvalue weighted by Gasteiger charge is -2.13. The molecule has 5 nitrogen and oxygen atoms in total. The van der Waals surface area contributed by atoms with Gasteiger partial charge < -0.3 is 16.0 Å². The van der Waals surface area contributed by atoms with Crippen LogP contribution in [0.4, 0.5) is 20.6 Å². The van der Waals surface area contributed by atoms with Crippen molar-refractivity contribution in [1.29, 1.82) is 0 Å². The van der Waals surface area contributed by atoms with Gasteiger partial charge in [-0.3, -0.25) is 4.79 Å². The molecule has 0 aromatic heterocycles. The van der Waals surface area contributed by atoms with Gasteiger partial charge in [0, 0.05) is 24.3 Å². The fraction of sp³-hybridized carbons (Fsp3) is 0.200. The summed E-state index contributed by atoms with van der Waals surface area (Å²) in [5.74, 6) is -0.396. The highest BCUT2D eigenvalue weighted by molar-refractivity contribution is 5.99. The summed E-state index contributed by atoms with van der Waals surface area (Å²) in [6, 6.07) is 20.7. The van der Waals surface area contributed by atoms with Crippen molar-refractivity contribution in [2.24, 2.45) is 0 Å². The second-order valence-corrected chi connectivity index (χ2v) is 7.58. The standard InChI is InChI=1S/C25H26FN3O2/c1-17-5-3-7-22(13-17)28-25(31)29-23-8-4-6-19(15-23)16-27-24(30)14-18(2)20-9-11-21(26)12-10-20/h3-13,15,18H,14,16H2,1-2H3,(H,27,30)(H2,28,29,31). The zero-order valence-corrected chi connectivity index (χ0v) is 17.6. The van der Waals surface area contributed by atoms with Crippen molar-refractivity contribution in [3.63, 3.8) is 0 Å². The number of urea groups is 1. The Bertz CT molecular complexity index is 1050. The molecule has 6 heteroatoms. The monoisotopic (exact) mass is 419 g/mol. The van der Waals surface area contributed by atoms with Crippen molar-refractivity contribution < 1.29 is 14.0 Å². The van der Waals surface area contributed by atoms with Gasteiger partial charge in [0.15, 0.2) is 0 Å². The van der Waals surface area contributed by atoms with Crippen molar-refractivity contribution in [2.75, 3.05) is 10.6 Å². The van der Waals surface area contributed by atoms with E-state index in [0.717, 1.165) is 22.4 Å². The van der Waals surface area contributed by atoms with Crippen molar-refractivity contribution in [3.8, 4) is 0 Å². The number of benzene rings is 3. The average Bonchev–Trinajstić information content (AvgIpc) is 2.73. The average molecular weight is 420 g/mol. The third kappa shape index (κ3) is 6.96. The molecule has 1 atom stereocenters. The maximum Gasteiger partial charge on any atom is 0.323 e. The van der Waals surface area contributed by atoms with E-state index in [2.05, 4.69) is 16.0 Å². The van der Waals surface area contributed by atoms with Gasteiger partial charge >= 0.3 is 6.03 Å². The summed E-state index contributed by atoms with van der Waals surface area (Å²) >= 11 is 0. The van der Waals surface area contributed by atoms with Gasteiger partial charge in [0.25, 0.3) is 0 Å². The molecule has 1 unspecified atom stereocenters. The van der Waals surface area contributed by atoms with Crippen molar-refractivity contribution in [1.82, 2.24) is 5.32 Å². The van der Waals surface area contributed by atoms with E-state index in [1.54, 1.807) is 18.2 Å². The lowest BCUT2D eigenvalue weighted by Crippen LogP contribution is -2.24. The maximum atomic E-state index is 13.0. The van der Waals surface area contributed by atoms with Crippen LogP contribution in [0.5, 0.6) is 0 Å². The fourth-order valence-corrected chi connectivity index (χ4v) is 3.24. The summed E-state index contributed by atoms with van der Waals surface area (Å²) in [5.41, 5.74) is 4.20. The van der Waals surface area contributed by atoms with E-state index in [1.807, 2.05) is 56.3 Å². The number of carbonyl (C=O) groups is 2. The minimum absolute atomic E-state index is 0.0149. The van der Waals surface area contributed by atoms with Crippen LogP contribution in [0.15, 0.2) is 72.8 Å². The smallest absolute Gasteiger partial charge is 0.323 e. The summed E-state index contributed by atoms with van der Waals surface area (Å²) in [6.07, 6.45) is 0.308. The van der Waals surface area contributed by atoms with Crippen LogP contribution in [0, 0.1) is 12.7 Å². The molecular weight excluding hydrogens is 393 g/mol. The number of hydrogen-bond donors (Lipinski definition) is 3. The molecule has 3 rings (SSSR count). The molecule has 3 aromatic rings. The first-order chi connectivity index (χ1) is 14.9. The highest BCUT2D eigenvalue weighted by Gasteiger charge is 2.11. The highest BCUT2D eigenvalue weighted by atomic mass is 19.1. The van der Waals surface area contributed by atoms with E-state index in [1.165, 1.54) is 12.1 Å². The maximum absolute atomic E-state index is 13.0. The van der Waals surface area contributed by atoms with Gasteiger partial charge in [0.05, 0.1) is 0 Å². The molecule has 0 saturated carbocycles. The van der Waals surface area contributed by atoms with E-state index >= 15 is 0 Å². The molecular formula is C25H26FN3O2. The number of anilines is 2. The molecule has 3 aromatic carbocycles. The predicted octanol–water partition coefficient (Wildman–Crippen LogP) is 5.59. The van der Waals surface area contributed by atoms with E-state index < -0.39 is 0 Å². The Hall–Kier alpha value is -3.67. The number of amides is 3. The Morgan fingerprint density at radius 1 is 0.903 bits per heavy atom. The van der Waals surface area contributed by atoms with E-state index in [4.69, 9.17) is 0 Å². The lowest BCUT2D eigenvalue weighted by molar-refractivity contribution is -0.121. The number of aryl methyl sites for hydroxylation is 1. The molecule has 0 spiro atoms. The lowest BCUT2D eigenvalue weighted by atomic mass is 9.97. The second-order valence-electron chi connectivity index (χ2n) is 7.58. The van der Waals surface area contributed by atoms with Gasteiger partial charge in [-0.1, -0.05) is 43.3 Å². The van der Waals surface area contributed by atoms with Crippen LogP contribution in [-0.4, -0.2) is 11.9 Å². The van der Waals surface area contributed by atoms with Gasteiger partial charge in [-0.05, 0) is 65.9 Å². The fourth-order valence-electron chi connectivity index (χ4n) is 3.24. The molecule has 0 radical (unpaired) electrons. The highest BCUT2D eigenvalue weighted by Crippen LogP contribution is 2.19. The van der Waals surface area contributed by atoms with Crippen LogP contribution in [0.2, 0.25) is 0 Å². The summed E-state index contributed by atoms with van der Waals surface area (Å²) < 4.78 is 13.0.